The van der Waals surface area contributed by atoms with Gasteiger partial charge in [-0.15, -0.1) is 0 Å². The topological polar surface area (TPSA) is 108 Å². The minimum atomic E-state index is -0.813. The van der Waals surface area contributed by atoms with E-state index in [0.29, 0.717) is 29.7 Å². The predicted octanol–water partition coefficient (Wildman–Crippen LogP) is 3.70. The molecular formula is C20H22F2N6O2. The second kappa shape index (κ2) is 7.51. The first-order valence-corrected chi connectivity index (χ1v) is 9.66. The summed E-state index contributed by atoms with van der Waals surface area (Å²) in [4.78, 5) is 23.3. The number of halogens is 2. The molecule has 0 unspecified atom stereocenters. The maximum absolute atomic E-state index is 14.7. The predicted molar refractivity (Wildman–Crippen MR) is 107 cm³/mol. The molecule has 0 bridgehead atoms. The molecule has 1 fully saturated rings. The highest BCUT2D eigenvalue weighted by Gasteiger charge is 2.32. The van der Waals surface area contributed by atoms with Gasteiger partial charge in [0.15, 0.2) is 11.6 Å². The highest BCUT2D eigenvalue weighted by atomic mass is 19.1. The van der Waals surface area contributed by atoms with Crippen molar-refractivity contribution in [3.63, 3.8) is 0 Å². The van der Waals surface area contributed by atoms with Crippen molar-refractivity contribution in [3.8, 4) is 11.3 Å². The van der Waals surface area contributed by atoms with Crippen molar-refractivity contribution in [2.45, 2.75) is 51.8 Å². The molecule has 30 heavy (non-hydrogen) atoms. The van der Waals surface area contributed by atoms with Crippen LogP contribution in [0.5, 0.6) is 0 Å². The second-order valence-corrected chi connectivity index (χ2v) is 7.71. The summed E-state index contributed by atoms with van der Waals surface area (Å²) < 4.78 is 36.1. The zero-order chi connectivity index (χ0) is 21.6. The van der Waals surface area contributed by atoms with Gasteiger partial charge in [-0.05, 0) is 32.9 Å². The first-order chi connectivity index (χ1) is 14.2. The molecule has 8 nitrogen and oxygen atoms in total. The molecule has 158 valence electrons. The van der Waals surface area contributed by atoms with Crippen LogP contribution in [-0.2, 0) is 4.74 Å². The number of anilines is 1. The number of amides is 1. The molecular weight excluding hydrogens is 394 g/mol. The maximum atomic E-state index is 14.7. The SMILES string of the molecule is Cc1nc2c(F)cc(-c3nc(NC4CC(OC(N)=O)C4)ncc3F)cc2n1C(C)C. The van der Waals surface area contributed by atoms with Gasteiger partial charge in [0.1, 0.15) is 23.1 Å². The fourth-order valence-corrected chi connectivity index (χ4v) is 3.82. The number of fused-ring (bicyclic) bond motifs is 1. The van der Waals surface area contributed by atoms with Crippen LogP contribution in [0.4, 0.5) is 19.5 Å². The Balaban J connectivity index is 1.64. The van der Waals surface area contributed by atoms with Gasteiger partial charge in [-0.3, -0.25) is 0 Å². The highest BCUT2D eigenvalue weighted by molar-refractivity contribution is 5.83. The first-order valence-electron chi connectivity index (χ1n) is 9.66. The van der Waals surface area contributed by atoms with Gasteiger partial charge in [0.05, 0.1) is 11.7 Å². The summed E-state index contributed by atoms with van der Waals surface area (Å²) in [6, 6.07) is 2.95. The Kier molecular flexibility index (Phi) is 5.00. The Labute approximate surface area is 171 Å². The Hall–Kier alpha value is -3.30. The second-order valence-electron chi connectivity index (χ2n) is 7.71. The summed E-state index contributed by atoms with van der Waals surface area (Å²) in [5.41, 5.74) is 6.11. The van der Waals surface area contributed by atoms with Crippen molar-refractivity contribution in [1.29, 1.82) is 0 Å². The monoisotopic (exact) mass is 416 g/mol. The van der Waals surface area contributed by atoms with E-state index in [9.17, 15) is 13.6 Å². The summed E-state index contributed by atoms with van der Waals surface area (Å²) >= 11 is 0. The third kappa shape index (κ3) is 3.64. The van der Waals surface area contributed by atoms with Crippen molar-refractivity contribution in [3.05, 3.63) is 35.8 Å². The molecule has 0 saturated heterocycles. The van der Waals surface area contributed by atoms with E-state index < -0.39 is 17.7 Å². The number of nitrogens with zero attached hydrogens (tertiary/aromatic N) is 4. The van der Waals surface area contributed by atoms with Gasteiger partial charge in [0.25, 0.3) is 0 Å². The smallest absolute Gasteiger partial charge is 0.404 e. The lowest BCUT2D eigenvalue weighted by Gasteiger charge is -2.34. The van der Waals surface area contributed by atoms with Crippen molar-refractivity contribution in [1.82, 2.24) is 19.5 Å². The molecule has 1 aromatic carbocycles. The van der Waals surface area contributed by atoms with Crippen molar-refractivity contribution in [2.24, 2.45) is 5.73 Å². The molecule has 2 heterocycles. The Morgan fingerprint density at radius 2 is 2.00 bits per heavy atom. The molecule has 10 heteroatoms. The van der Waals surface area contributed by atoms with E-state index in [1.165, 1.54) is 6.07 Å². The lowest BCUT2D eigenvalue weighted by atomic mass is 9.89. The lowest BCUT2D eigenvalue weighted by molar-refractivity contribution is 0.0516. The van der Waals surface area contributed by atoms with Gasteiger partial charge < -0.3 is 20.4 Å². The summed E-state index contributed by atoms with van der Waals surface area (Å²) in [5.74, 6) is -0.305. The van der Waals surface area contributed by atoms with E-state index >= 15 is 0 Å². The number of rotatable bonds is 5. The number of ether oxygens (including phenoxy) is 1. The zero-order valence-electron chi connectivity index (χ0n) is 16.8. The van der Waals surface area contributed by atoms with Gasteiger partial charge in [-0.2, -0.15) is 0 Å². The van der Waals surface area contributed by atoms with Crippen molar-refractivity contribution >= 4 is 23.1 Å². The Bertz CT molecular complexity index is 1120. The van der Waals surface area contributed by atoms with E-state index in [-0.39, 0.29) is 35.3 Å². The number of primary amides is 1. The van der Waals surface area contributed by atoms with Crippen molar-refractivity contribution in [2.75, 3.05) is 5.32 Å². The fourth-order valence-electron chi connectivity index (χ4n) is 3.82. The summed E-state index contributed by atoms with van der Waals surface area (Å²) in [6.45, 7) is 5.75. The molecule has 1 saturated carbocycles. The third-order valence-corrected chi connectivity index (χ3v) is 5.17. The molecule has 3 N–H and O–H groups in total. The van der Waals surface area contributed by atoms with Crippen LogP contribution in [0.1, 0.15) is 38.6 Å². The minimum Gasteiger partial charge on any atom is -0.446 e. The first kappa shape index (κ1) is 20.0. The number of nitrogens with two attached hydrogens (primary N) is 1. The van der Waals surface area contributed by atoms with Crippen molar-refractivity contribution < 1.29 is 18.3 Å². The summed E-state index contributed by atoms with van der Waals surface area (Å²) in [7, 11) is 0. The fraction of sp³-hybridized carbons (Fsp3) is 0.400. The van der Waals surface area contributed by atoms with E-state index in [1.54, 1.807) is 13.0 Å². The lowest BCUT2D eigenvalue weighted by Crippen LogP contribution is -2.43. The van der Waals surface area contributed by atoms with Crippen LogP contribution in [0.3, 0.4) is 0 Å². The normalized spacial score (nSPS) is 18.5. The molecule has 0 aliphatic heterocycles. The van der Waals surface area contributed by atoms with E-state index in [4.69, 9.17) is 10.5 Å². The summed E-state index contributed by atoms with van der Waals surface area (Å²) in [6.07, 6.45) is 1.08. The van der Waals surface area contributed by atoms with Crippen LogP contribution in [0.2, 0.25) is 0 Å². The number of carbonyl (C=O) groups is 1. The van der Waals surface area contributed by atoms with Gasteiger partial charge in [0, 0.05) is 30.5 Å². The largest absolute Gasteiger partial charge is 0.446 e. The number of aromatic nitrogens is 4. The van der Waals surface area contributed by atoms with Crippen LogP contribution in [0, 0.1) is 18.6 Å². The molecule has 0 radical (unpaired) electrons. The molecule has 2 aromatic heterocycles. The van der Waals surface area contributed by atoms with E-state index in [2.05, 4.69) is 20.3 Å². The number of imidazole rings is 1. The number of benzene rings is 1. The average Bonchev–Trinajstić information content (AvgIpc) is 2.97. The molecule has 3 aromatic rings. The van der Waals surface area contributed by atoms with Gasteiger partial charge in [-0.1, -0.05) is 0 Å². The van der Waals surface area contributed by atoms with Gasteiger partial charge >= 0.3 is 6.09 Å². The van der Waals surface area contributed by atoms with Crippen LogP contribution < -0.4 is 11.1 Å². The molecule has 1 amide bonds. The number of hydrogen-bond acceptors (Lipinski definition) is 6. The zero-order valence-corrected chi connectivity index (χ0v) is 16.8. The minimum absolute atomic E-state index is 0.00767. The van der Waals surface area contributed by atoms with Crippen LogP contribution in [0.25, 0.3) is 22.3 Å². The maximum Gasteiger partial charge on any atom is 0.404 e. The molecule has 1 aliphatic rings. The highest BCUT2D eigenvalue weighted by Crippen LogP contribution is 2.31. The molecule has 1 aliphatic carbocycles. The van der Waals surface area contributed by atoms with Crippen LogP contribution in [-0.4, -0.2) is 37.8 Å². The molecule has 0 spiro atoms. The van der Waals surface area contributed by atoms with Gasteiger partial charge in [-0.25, -0.2) is 28.5 Å². The van der Waals surface area contributed by atoms with E-state index in [0.717, 1.165) is 6.20 Å². The number of aryl methyl sites for hydroxylation is 1. The quantitative estimate of drug-likeness (QED) is 0.657. The van der Waals surface area contributed by atoms with Crippen LogP contribution >= 0.6 is 0 Å². The summed E-state index contributed by atoms with van der Waals surface area (Å²) in [5, 5.41) is 3.07. The number of nitrogens with one attached hydrogen (secondary N) is 1. The van der Waals surface area contributed by atoms with Gasteiger partial charge in [0.2, 0.25) is 5.95 Å². The Morgan fingerprint density at radius 3 is 2.67 bits per heavy atom. The molecule has 0 atom stereocenters. The Morgan fingerprint density at radius 1 is 1.27 bits per heavy atom. The average molecular weight is 416 g/mol. The number of hydrogen-bond donors (Lipinski definition) is 2. The van der Waals surface area contributed by atoms with Crippen LogP contribution in [0.15, 0.2) is 18.3 Å². The van der Waals surface area contributed by atoms with E-state index in [1.807, 2.05) is 18.4 Å². The standard InChI is InChI=1S/C20H22F2N6O2/c1-9(2)28-10(3)25-18-14(21)4-11(5-16(18)28)17-15(22)8-24-20(27-17)26-12-6-13(7-12)30-19(23)29/h4-5,8-9,12-13H,6-7H2,1-3H3,(H2,23,29)(H,24,26,27). The number of carbonyl (C=O) groups excluding carboxylic acids is 1. The molecule has 4 rings (SSSR count). The third-order valence-electron chi connectivity index (χ3n) is 5.17.